The molecule has 1 atom stereocenters. The summed E-state index contributed by atoms with van der Waals surface area (Å²) >= 11 is 7.12. The Morgan fingerprint density at radius 3 is 2.53 bits per heavy atom. The van der Waals surface area contributed by atoms with Crippen LogP contribution in [0.15, 0.2) is 28.7 Å². The van der Waals surface area contributed by atoms with Crippen LogP contribution in [0.25, 0.3) is 0 Å². The third-order valence-corrected chi connectivity index (χ3v) is 4.35. The molecule has 1 unspecified atom stereocenters. The molecule has 1 rings (SSSR count). The van der Waals surface area contributed by atoms with Crippen molar-refractivity contribution in [3.63, 3.8) is 0 Å². The Bertz CT molecular complexity index is 339. The Morgan fingerprint density at radius 2 is 2.00 bits per heavy atom. The van der Waals surface area contributed by atoms with Crippen LogP contribution < -0.4 is 0 Å². The average Bonchev–Trinajstić information content (AvgIpc) is 2.25. The SMILES string of the molecule is CC(C)C(CBr)CN(C)Cc1cccc(Br)c1. The molecule has 0 amide bonds. The van der Waals surface area contributed by atoms with E-state index < -0.39 is 0 Å². The molecule has 0 radical (unpaired) electrons. The van der Waals surface area contributed by atoms with E-state index in [4.69, 9.17) is 0 Å². The minimum Gasteiger partial charge on any atom is -0.302 e. The van der Waals surface area contributed by atoms with Gasteiger partial charge in [0, 0.05) is 22.9 Å². The second-order valence-electron chi connectivity index (χ2n) is 4.99. The van der Waals surface area contributed by atoms with Gasteiger partial charge in [-0.05, 0) is 36.6 Å². The van der Waals surface area contributed by atoms with Crippen molar-refractivity contribution in [3.8, 4) is 0 Å². The molecule has 0 bridgehead atoms. The van der Waals surface area contributed by atoms with Crippen molar-refractivity contribution < 1.29 is 0 Å². The molecule has 1 aromatic carbocycles. The Hall–Kier alpha value is 0.140. The normalized spacial score (nSPS) is 13.4. The van der Waals surface area contributed by atoms with Gasteiger partial charge >= 0.3 is 0 Å². The molecular weight excluding hydrogens is 342 g/mol. The van der Waals surface area contributed by atoms with Gasteiger partial charge in [-0.1, -0.05) is 57.8 Å². The van der Waals surface area contributed by atoms with Gasteiger partial charge in [0.2, 0.25) is 0 Å². The van der Waals surface area contributed by atoms with Gasteiger partial charge in [-0.2, -0.15) is 0 Å². The maximum atomic E-state index is 3.61. The first-order valence-corrected chi connectivity index (χ1v) is 7.93. The standard InChI is InChI=1S/C14H21Br2N/c1-11(2)13(8-15)10-17(3)9-12-5-4-6-14(16)7-12/h4-7,11,13H,8-10H2,1-3H3. The van der Waals surface area contributed by atoms with E-state index >= 15 is 0 Å². The fourth-order valence-electron chi connectivity index (χ4n) is 1.85. The number of hydrogen-bond donors (Lipinski definition) is 0. The number of alkyl halides is 1. The van der Waals surface area contributed by atoms with E-state index in [1.54, 1.807) is 0 Å². The zero-order valence-corrected chi connectivity index (χ0v) is 14.0. The zero-order chi connectivity index (χ0) is 12.8. The molecule has 0 aliphatic carbocycles. The van der Waals surface area contributed by atoms with E-state index in [1.165, 1.54) is 5.56 Å². The van der Waals surface area contributed by atoms with Crippen LogP contribution in [0.5, 0.6) is 0 Å². The van der Waals surface area contributed by atoms with Crippen molar-refractivity contribution in [2.75, 3.05) is 18.9 Å². The zero-order valence-electron chi connectivity index (χ0n) is 10.8. The van der Waals surface area contributed by atoms with Crippen LogP contribution in [0.2, 0.25) is 0 Å². The molecule has 1 aromatic rings. The molecule has 1 nitrogen and oxygen atoms in total. The molecule has 0 fully saturated rings. The van der Waals surface area contributed by atoms with E-state index in [1.807, 2.05) is 0 Å². The Morgan fingerprint density at radius 1 is 1.29 bits per heavy atom. The first-order valence-electron chi connectivity index (χ1n) is 6.02. The summed E-state index contributed by atoms with van der Waals surface area (Å²) < 4.78 is 1.16. The summed E-state index contributed by atoms with van der Waals surface area (Å²) in [5.41, 5.74) is 1.36. The first kappa shape index (κ1) is 15.2. The summed E-state index contributed by atoms with van der Waals surface area (Å²) in [7, 11) is 2.19. The minimum atomic E-state index is 0.715. The van der Waals surface area contributed by atoms with E-state index in [2.05, 4.69) is 81.9 Å². The number of benzene rings is 1. The molecule has 0 aromatic heterocycles. The molecular formula is C14H21Br2N. The molecule has 3 heteroatoms. The maximum absolute atomic E-state index is 3.61. The van der Waals surface area contributed by atoms with Crippen LogP contribution in [0, 0.1) is 11.8 Å². The molecule has 96 valence electrons. The summed E-state index contributed by atoms with van der Waals surface area (Å²) in [5.74, 6) is 1.44. The predicted molar refractivity (Wildman–Crippen MR) is 82.6 cm³/mol. The van der Waals surface area contributed by atoms with Crippen LogP contribution in [0.3, 0.4) is 0 Å². The highest BCUT2D eigenvalue weighted by Crippen LogP contribution is 2.17. The highest BCUT2D eigenvalue weighted by Gasteiger charge is 2.14. The van der Waals surface area contributed by atoms with Gasteiger partial charge in [0.1, 0.15) is 0 Å². The van der Waals surface area contributed by atoms with Gasteiger partial charge in [-0.3, -0.25) is 0 Å². The lowest BCUT2D eigenvalue weighted by molar-refractivity contribution is 0.247. The molecule has 0 N–H and O–H groups in total. The monoisotopic (exact) mass is 361 g/mol. The number of hydrogen-bond acceptors (Lipinski definition) is 1. The van der Waals surface area contributed by atoms with E-state index in [-0.39, 0.29) is 0 Å². The quantitative estimate of drug-likeness (QED) is 0.671. The van der Waals surface area contributed by atoms with E-state index in [9.17, 15) is 0 Å². The van der Waals surface area contributed by atoms with Crippen molar-refractivity contribution in [3.05, 3.63) is 34.3 Å². The first-order chi connectivity index (χ1) is 8.02. The van der Waals surface area contributed by atoms with Crippen molar-refractivity contribution >= 4 is 31.9 Å². The topological polar surface area (TPSA) is 3.24 Å². The Balaban J connectivity index is 2.51. The number of rotatable bonds is 6. The largest absolute Gasteiger partial charge is 0.302 e. The van der Waals surface area contributed by atoms with Gasteiger partial charge in [0.05, 0.1) is 0 Å². The van der Waals surface area contributed by atoms with Gasteiger partial charge < -0.3 is 4.90 Å². The summed E-state index contributed by atoms with van der Waals surface area (Å²) in [4.78, 5) is 2.40. The molecule has 0 aliphatic rings. The van der Waals surface area contributed by atoms with E-state index in [0.717, 1.165) is 28.8 Å². The number of halogens is 2. The highest BCUT2D eigenvalue weighted by molar-refractivity contribution is 9.10. The lowest BCUT2D eigenvalue weighted by Crippen LogP contribution is -2.29. The second kappa shape index (κ2) is 7.55. The summed E-state index contributed by atoms with van der Waals surface area (Å²) in [5, 5.41) is 1.08. The van der Waals surface area contributed by atoms with Crippen molar-refractivity contribution in [2.45, 2.75) is 20.4 Å². The maximum Gasteiger partial charge on any atom is 0.0231 e. The Labute approximate surface area is 122 Å². The smallest absolute Gasteiger partial charge is 0.0231 e. The van der Waals surface area contributed by atoms with Crippen molar-refractivity contribution in [2.24, 2.45) is 11.8 Å². The third-order valence-electron chi connectivity index (χ3n) is 3.03. The van der Waals surface area contributed by atoms with Crippen LogP contribution in [0.4, 0.5) is 0 Å². The minimum absolute atomic E-state index is 0.715. The van der Waals surface area contributed by atoms with Gasteiger partial charge in [0.15, 0.2) is 0 Å². The fraction of sp³-hybridized carbons (Fsp3) is 0.571. The molecule has 0 saturated carbocycles. The summed E-state index contributed by atoms with van der Waals surface area (Å²) in [6, 6.07) is 8.53. The van der Waals surface area contributed by atoms with Crippen molar-refractivity contribution in [1.29, 1.82) is 0 Å². The third kappa shape index (κ3) is 5.54. The molecule has 0 aliphatic heterocycles. The number of nitrogens with zero attached hydrogens (tertiary/aromatic N) is 1. The highest BCUT2D eigenvalue weighted by atomic mass is 79.9. The van der Waals surface area contributed by atoms with Gasteiger partial charge in [0.25, 0.3) is 0 Å². The lowest BCUT2D eigenvalue weighted by Gasteiger charge is -2.25. The molecule has 0 spiro atoms. The van der Waals surface area contributed by atoms with E-state index in [0.29, 0.717) is 5.92 Å². The Kier molecular flexibility index (Phi) is 6.75. The van der Waals surface area contributed by atoms with Crippen LogP contribution in [-0.2, 0) is 6.54 Å². The van der Waals surface area contributed by atoms with Gasteiger partial charge in [-0.25, -0.2) is 0 Å². The molecule has 0 saturated heterocycles. The van der Waals surface area contributed by atoms with Crippen LogP contribution in [0.1, 0.15) is 19.4 Å². The summed E-state index contributed by atoms with van der Waals surface area (Å²) in [6.45, 7) is 6.73. The lowest BCUT2D eigenvalue weighted by atomic mass is 9.97. The summed E-state index contributed by atoms with van der Waals surface area (Å²) in [6.07, 6.45) is 0. The molecule has 0 heterocycles. The van der Waals surface area contributed by atoms with Crippen molar-refractivity contribution in [1.82, 2.24) is 4.90 Å². The molecule has 17 heavy (non-hydrogen) atoms. The fourth-order valence-corrected chi connectivity index (χ4v) is 3.25. The van der Waals surface area contributed by atoms with Gasteiger partial charge in [-0.15, -0.1) is 0 Å². The predicted octanol–water partition coefficient (Wildman–Crippen LogP) is 4.55. The second-order valence-corrected chi connectivity index (χ2v) is 6.55. The van der Waals surface area contributed by atoms with Crippen LogP contribution in [-0.4, -0.2) is 23.8 Å². The van der Waals surface area contributed by atoms with Crippen LogP contribution >= 0.6 is 31.9 Å². The average molecular weight is 363 g/mol.